The van der Waals surface area contributed by atoms with Gasteiger partial charge in [-0.2, -0.15) is 5.26 Å². The standard InChI is InChI=1S/C12H12N2O3/c13-7-9(12(14)17)3-1-2-8-4-5-10(15)11(16)6-8/h3-6,15-16H,1-2H2,(H2,14,17)/b9-3+. The minimum Gasteiger partial charge on any atom is -0.504 e. The zero-order chi connectivity index (χ0) is 12.8. The summed E-state index contributed by atoms with van der Waals surface area (Å²) in [6.07, 6.45) is 2.44. The molecule has 0 aliphatic carbocycles. The molecule has 1 rings (SSSR count). The number of rotatable bonds is 4. The number of benzene rings is 1. The van der Waals surface area contributed by atoms with Gasteiger partial charge in [-0.15, -0.1) is 0 Å². The van der Waals surface area contributed by atoms with Crippen molar-refractivity contribution in [2.24, 2.45) is 5.73 Å². The smallest absolute Gasteiger partial charge is 0.259 e. The third-order valence-corrected chi connectivity index (χ3v) is 2.21. The van der Waals surface area contributed by atoms with E-state index in [9.17, 15) is 9.90 Å². The van der Waals surface area contributed by atoms with Gasteiger partial charge in [0.05, 0.1) is 0 Å². The molecule has 5 heteroatoms. The SMILES string of the molecule is N#C/C(=C\CCc1ccc(O)c(O)c1)C(N)=O. The van der Waals surface area contributed by atoms with E-state index in [1.165, 1.54) is 18.2 Å². The number of aromatic hydroxyl groups is 2. The molecule has 5 nitrogen and oxygen atoms in total. The van der Waals surface area contributed by atoms with E-state index in [0.717, 1.165) is 5.56 Å². The summed E-state index contributed by atoms with van der Waals surface area (Å²) >= 11 is 0. The van der Waals surface area contributed by atoms with E-state index in [4.69, 9.17) is 16.1 Å². The number of hydrogen-bond acceptors (Lipinski definition) is 4. The lowest BCUT2D eigenvalue weighted by atomic mass is 10.1. The average Bonchev–Trinajstić information content (AvgIpc) is 2.28. The predicted molar refractivity (Wildman–Crippen MR) is 61.0 cm³/mol. The van der Waals surface area contributed by atoms with E-state index in [-0.39, 0.29) is 17.1 Å². The van der Waals surface area contributed by atoms with Crippen molar-refractivity contribution in [3.63, 3.8) is 0 Å². The molecule has 1 aromatic rings. The van der Waals surface area contributed by atoms with E-state index >= 15 is 0 Å². The van der Waals surface area contributed by atoms with Gasteiger partial charge in [-0.05, 0) is 30.5 Å². The first kappa shape index (κ1) is 12.6. The number of allylic oxidation sites excluding steroid dienone is 1. The number of phenols is 2. The van der Waals surface area contributed by atoms with Crippen LogP contribution in [-0.2, 0) is 11.2 Å². The Morgan fingerprint density at radius 2 is 2.12 bits per heavy atom. The first-order valence-corrected chi connectivity index (χ1v) is 4.95. The second kappa shape index (κ2) is 5.56. The van der Waals surface area contributed by atoms with Crippen molar-refractivity contribution in [1.82, 2.24) is 0 Å². The molecule has 0 aromatic heterocycles. The highest BCUT2D eigenvalue weighted by Crippen LogP contribution is 2.25. The molecule has 1 aromatic carbocycles. The molecule has 0 fully saturated rings. The van der Waals surface area contributed by atoms with Crippen molar-refractivity contribution < 1.29 is 15.0 Å². The summed E-state index contributed by atoms with van der Waals surface area (Å²) in [5.41, 5.74) is 5.68. The van der Waals surface area contributed by atoms with Gasteiger partial charge in [0.25, 0.3) is 5.91 Å². The van der Waals surface area contributed by atoms with Crippen LogP contribution < -0.4 is 5.73 Å². The van der Waals surface area contributed by atoms with Gasteiger partial charge in [0, 0.05) is 0 Å². The number of nitrogens with zero attached hydrogens (tertiary/aromatic N) is 1. The van der Waals surface area contributed by atoms with Gasteiger partial charge >= 0.3 is 0 Å². The van der Waals surface area contributed by atoms with Gasteiger partial charge in [0.15, 0.2) is 11.5 Å². The number of nitriles is 1. The summed E-state index contributed by atoms with van der Waals surface area (Å²) in [5, 5.41) is 26.9. The Kier molecular flexibility index (Phi) is 4.12. The molecule has 0 saturated heterocycles. The number of primary amides is 1. The molecular weight excluding hydrogens is 220 g/mol. The maximum Gasteiger partial charge on any atom is 0.259 e. The Hall–Kier alpha value is -2.48. The number of phenolic OH excluding ortho intramolecular Hbond substituents is 2. The molecule has 0 atom stereocenters. The molecule has 17 heavy (non-hydrogen) atoms. The summed E-state index contributed by atoms with van der Waals surface area (Å²) in [6.45, 7) is 0. The van der Waals surface area contributed by atoms with Gasteiger partial charge in [0.1, 0.15) is 11.6 Å². The van der Waals surface area contributed by atoms with Gasteiger partial charge in [0.2, 0.25) is 0 Å². The lowest BCUT2D eigenvalue weighted by Gasteiger charge is -2.01. The third-order valence-electron chi connectivity index (χ3n) is 2.21. The molecule has 0 saturated carbocycles. The first-order chi connectivity index (χ1) is 8.04. The topological polar surface area (TPSA) is 107 Å². The monoisotopic (exact) mass is 232 g/mol. The largest absolute Gasteiger partial charge is 0.504 e. The van der Waals surface area contributed by atoms with Crippen LogP contribution in [0.1, 0.15) is 12.0 Å². The molecule has 1 amide bonds. The van der Waals surface area contributed by atoms with Gasteiger partial charge in [-0.1, -0.05) is 12.1 Å². The zero-order valence-corrected chi connectivity index (χ0v) is 9.05. The zero-order valence-electron chi connectivity index (χ0n) is 9.05. The highest BCUT2D eigenvalue weighted by atomic mass is 16.3. The molecule has 4 N–H and O–H groups in total. The molecule has 0 unspecified atom stereocenters. The fraction of sp³-hybridized carbons (Fsp3) is 0.167. The maximum atomic E-state index is 10.7. The highest BCUT2D eigenvalue weighted by molar-refractivity contribution is 5.95. The second-order valence-electron chi connectivity index (χ2n) is 3.46. The molecule has 88 valence electrons. The summed E-state index contributed by atoms with van der Waals surface area (Å²) in [5.74, 6) is -1.12. The van der Waals surface area contributed by atoms with Crippen molar-refractivity contribution in [3.8, 4) is 17.6 Å². The molecule has 0 radical (unpaired) electrons. The van der Waals surface area contributed by atoms with Crippen molar-refractivity contribution in [2.45, 2.75) is 12.8 Å². The number of amides is 1. The molecule has 0 aliphatic heterocycles. The Labute approximate surface area is 98.4 Å². The van der Waals surface area contributed by atoms with E-state index in [0.29, 0.717) is 12.8 Å². The van der Waals surface area contributed by atoms with Crippen molar-refractivity contribution in [1.29, 1.82) is 5.26 Å². The third kappa shape index (κ3) is 3.54. The van der Waals surface area contributed by atoms with E-state index in [1.54, 1.807) is 12.1 Å². The quantitative estimate of drug-likeness (QED) is 0.408. The number of carbonyl (C=O) groups excluding carboxylic acids is 1. The van der Waals surface area contributed by atoms with Crippen LogP contribution in [0.25, 0.3) is 0 Å². The molecule has 0 aliphatic rings. The van der Waals surface area contributed by atoms with E-state index in [2.05, 4.69) is 0 Å². The second-order valence-corrected chi connectivity index (χ2v) is 3.46. The summed E-state index contributed by atoms with van der Waals surface area (Å²) in [7, 11) is 0. The number of carbonyl (C=O) groups is 1. The minimum absolute atomic E-state index is 0.0759. The normalized spacial score (nSPS) is 10.9. The van der Waals surface area contributed by atoms with Crippen molar-refractivity contribution in [3.05, 3.63) is 35.4 Å². The number of hydrogen-bond donors (Lipinski definition) is 3. The van der Waals surface area contributed by atoms with Gasteiger partial charge in [-0.25, -0.2) is 0 Å². The number of nitrogens with two attached hydrogens (primary N) is 1. The Balaban J connectivity index is 2.66. The van der Waals surface area contributed by atoms with Crippen LogP contribution >= 0.6 is 0 Å². The highest BCUT2D eigenvalue weighted by Gasteiger charge is 2.03. The van der Waals surface area contributed by atoms with Crippen LogP contribution in [0.4, 0.5) is 0 Å². The van der Waals surface area contributed by atoms with Crippen LogP contribution in [-0.4, -0.2) is 16.1 Å². The Morgan fingerprint density at radius 3 is 2.65 bits per heavy atom. The summed E-state index contributed by atoms with van der Waals surface area (Å²) in [6, 6.07) is 6.17. The fourth-order valence-electron chi connectivity index (χ4n) is 1.31. The Bertz CT molecular complexity index is 501. The molecular formula is C12H12N2O3. The molecule has 0 spiro atoms. The lowest BCUT2D eigenvalue weighted by molar-refractivity contribution is -0.114. The van der Waals surface area contributed by atoms with Gasteiger partial charge < -0.3 is 15.9 Å². The number of aryl methyl sites for hydroxylation is 1. The van der Waals surface area contributed by atoms with Crippen LogP contribution in [0.5, 0.6) is 11.5 Å². The molecule has 0 bridgehead atoms. The van der Waals surface area contributed by atoms with Crippen LogP contribution in [0.2, 0.25) is 0 Å². The van der Waals surface area contributed by atoms with Crippen LogP contribution in [0.3, 0.4) is 0 Å². The summed E-state index contributed by atoms with van der Waals surface area (Å²) in [4.78, 5) is 10.7. The van der Waals surface area contributed by atoms with Crippen LogP contribution in [0.15, 0.2) is 29.8 Å². The first-order valence-electron chi connectivity index (χ1n) is 4.95. The average molecular weight is 232 g/mol. The van der Waals surface area contributed by atoms with Gasteiger partial charge in [-0.3, -0.25) is 4.79 Å². The molecule has 0 heterocycles. The lowest BCUT2D eigenvalue weighted by Crippen LogP contribution is -2.12. The summed E-state index contributed by atoms with van der Waals surface area (Å²) < 4.78 is 0. The maximum absolute atomic E-state index is 10.7. The Morgan fingerprint density at radius 1 is 1.41 bits per heavy atom. The van der Waals surface area contributed by atoms with E-state index in [1.807, 2.05) is 0 Å². The van der Waals surface area contributed by atoms with Crippen molar-refractivity contribution in [2.75, 3.05) is 0 Å². The van der Waals surface area contributed by atoms with E-state index < -0.39 is 5.91 Å². The van der Waals surface area contributed by atoms with Crippen molar-refractivity contribution >= 4 is 5.91 Å². The fourth-order valence-corrected chi connectivity index (χ4v) is 1.31. The minimum atomic E-state index is -0.749. The van der Waals surface area contributed by atoms with Crippen LogP contribution in [0, 0.1) is 11.3 Å². The predicted octanol–water partition coefficient (Wildman–Crippen LogP) is 0.966.